The van der Waals surface area contributed by atoms with Crippen LogP contribution in [-0.2, 0) is 0 Å². The van der Waals surface area contributed by atoms with Crippen molar-refractivity contribution in [3.63, 3.8) is 0 Å². The normalized spacial score (nSPS) is 12.9. The molecule has 0 amide bonds. The third-order valence-corrected chi connectivity index (χ3v) is 2.15. The molecule has 92 valence electrons. The molecule has 0 heterocycles. The summed E-state index contributed by atoms with van der Waals surface area (Å²) >= 11 is 5.41. The van der Waals surface area contributed by atoms with E-state index in [1.54, 1.807) is 0 Å². The van der Waals surface area contributed by atoms with Gasteiger partial charge in [0.2, 0.25) is 0 Å². The Morgan fingerprint density at radius 3 is 2.53 bits per heavy atom. The van der Waals surface area contributed by atoms with Gasteiger partial charge in [0.15, 0.2) is 5.92 Å². The van der Waals surface area contributed by atoms with Gasteiger partial charge in [0.05, 0.1) is 11.1 Å². The fraction of sp³-hybridized carbons (Fsp3) is 0.300. The zero-order valence-electron chi connectivity index (χ0n) is 8.26. The predicted octanol–water partition coefficient (Wildman–Crippen LogP) is 3.56. The van der Waals surface area contributed by atoms with E-state index in [-0.39, 0.29) is 10.8 Å². The summed E-state index contributed by atoms with van der Waals surface area (Å²) < 4.78 is 54.0. The van der Waals surface area contributed by atoms with E-state index in [4.69, 9.17) is 21.6 Å². The zero-order chi connectivity index (χ0) is 13.1. The standard InChI is InChI=1S/C10H6ClF4NO/c11-8-3-7(1-2-9(8)12)17-5-6(4-16)10(13,14)15/h1-3,6H,5H2. The molecule has 0 aliphatic rings. The van der Waals surface area contributed by atoms with Crippen molar-refractivity contribution < 1.29 is 22.3 Å². The SMILES string of the molecule is N#CC(COc1ccc(F)c(Cl)c1)C(F)(F)F. The number of halogens is 5. The lowest BCUT2D eigenvalue weighted by Crippen LogP contribution is -2.27. The van der Waals surface area contributed by atoms with Crippen LogP contribution in [0.4, 0.5) is 17.6 Å². The second kappa shape index (κ2) is 5.23. The van der Waals surface area contributed by atoms with Crippen LogP contribution >= 0.6 is 11.6 Å². The first-order valence-electron chi connectivity index (χ1n) is 4.38. The Bertz CT molecular complexity index is 441. The molecular weight excluding hydrogens is 262 g/mol. The number of nitriles is 1. The first-order valence-corrected chi connectivity index (χ1v) is 4.76. The van der Waals surface area contributed by atoms with Gasteiger partial charge < -0.3 is 4.74 Å². The molecule has 0 radical (unpaired) electrons. The van der Waals surface area contributed by atoms with Crippen LogP contribution in [0, 0.1) is 23.1 Å². The lowest BCUT2D eigenvalue weighted by Gasteiger charge is -2.14. The Balaban J connectivity index is 2.67. The molecule has 0 aromatic heterocycles. The number of benzene rings is 1. The number of nitrogens with zero attached hydrogens (tertiary/aromatic N) is 1. The van der Waals surface area contributed by atoms with E-state index in [0.717, 1.165) is 24.3 Å². The zero-order valence-corrected chi connectivity index (χ0v) is 9.02. The summed E-state index contributed by atoms with van der Waals surface area (Å²) in [5.74, 6) is -2.96. The van der Waals surface area contributed by atoms with E-state index in [1.807, 2.05) is 0 Å². The molecule has 0 aliphatic carbocycles. The minimum atomic E-state index is -4.65. The summed E-state index contributed by atoms with van der Waals surface area (Å²) in [6, 6.07) is 4.22. The van der Waals surface area contributed by atoms with Gasteiger partial charge in [-0.3, -0.25) is 0 Å². The first kappa shape index (κ1) is 13.6. The van der Waals surface area contributed by atoms with E-state index in [9.17, 15) is 17.6 Å². The lowest BCUT2D eigenvalue weighted by atomic mass is 10.2. The smallest absolute Gasteiger partial charge is 0.407 e. The van der Waals surface area contributed by atoms with Gasteiger partial charge in [-0.1, -0.05) is 11.6 Å². The molecule has 2 nitrogen and oxygen atoms in total. The highest BCUT2D eigenvalue weighted by molar-refractivity contribution is 6.30. The van der Waals surface area contributed by atoms with Crippen LogP contribution in [0.3, 0.4) is 0 Å². The first-order chi connectivity index (χ1) is 7.84. The largest absolute Gasteiger partial charge is 0.492 e. The third-order valence-electron chi connectivity index (χ3n) is 1.86. The van der Waals surface area contributed by atoms with Gasteiger partial charge >= 0.3 is 6.18 Å². The molecule has 0 fully saturated rings. The van der Waals surface area contributed by atoms with Crippen molar-refractivity contribution >= 4 is 11.6 Å². The Labute approximate surface area is 99.4 Å². The van der Waals surface area contributed by atoms with Gasteiger partial charge in [-0.05, 0) is 12.1 Å². The quantitative estimate of drug-likeness (QED) is 0.785. The van der Waals surface area contributed by atoms with Crippen molar-refractivity contribution in [2.45, 2.75) is 6.18 Å². The maximum atomic E-state index is 12.7. The minimum Gasteiger partial charge on any atom is -0.492 e. The molecule has 1 aromatic carbocycles. The number of hydrogen-bond donors (Lipinski definition) is 0. The van der Waals surface area contributed by atoms with Crippen LogP contribution in [0.25, 0.3) is 0 Å². The fourth-order valence-electron chi connectivity index (χ4n) is 0.951. The molecule has 17 heavy (non-hydrogen) atoms. The predicted molar refractivity (Wildman–Crippen MR) is 52.1 cm³/mol. The number of hydrogen-bond acceptors (Lipinski definition) is 2. The van der Waals surface area contributed by atoms with Gasteiger partial charge in [0, 0.05) is 6.07 Å². The molecule has 1 rings (SSSR count). The topological polar surface area (TPSA) is 33.0 Å². The summed E-state index contributed by atoms with van der Waals surface area (Å²) in [7, 11) is 0. The van der Waals surface area contributed by atoms with Crippen molar-refractivity contribution in [3.05, 3.63) is 29.0 Å². The highest BCUT2D eigenvalue weighted by Gasteiger charge is 2.40. The summed E-state index contributed by atoms with van der Waals surface area (Å²) in [4.78, 5) is 0. The molecule has 0 aliphatic heterocycles. The average molecular weight is 268 g/mol. The molecule has 1 unspecified atom stereocenters. The monoisotopic (exact) mass is 267 g/mol. The van der Waals surface area contributed by atoms with E-state index in [2.05, 4.69) is 0 Å². The molecule has 1 aromatic rings. The van der Waals surface area contributed by atoms with Crippen LogP contribution in [0.15, 0.2) is 18.2 Å². The van der Waals surface area contributed by atoms with E-state index in [0.29, 0.717) is 0 Å². The van der Waals surface area contributed by atoms with Gasteiger partial charge in [-0.2, -0.15) is 18.4 Å². The Hall–Kier alpha value is -1.48. The van der Waals surface area contributed by atoms with Gasteiger partial charge in [0.1, 0.15) is 18.2 Å². The summed E-state index contributed by atoms with van der Waals surface area (Å²) in [6.07, 6.45) is -4.65. The lowest BCUT2D eigenvalue weighted by molar-refractivity contribution is -0.165. The fourth-order valence-corrected chi connectivity index (χ4v) is 1.12. The Morgan fingerprint density at radius 1 is 1.41 bits per heavy atom. The van der Waals surface area contributed by atoms with Gasteiger partial charge in [-0.25, -0.2) is 4.39 Å². The molecule has 0 N–H and O–H groups in total. The van der Waals surface area contributed by atoms with Crippen LogP contribution in [-0.4, -0.2) is 12.8 Å². The summed E-state index contributed by atoms with van der Waals surface area (Å²) in [5.41, 5.74) is 0. The Morgan fingerprint density at radius 2 is 2.06 bits per heavy atom. The number of alkyl halides is 3. The van der Waals surface area contributed by atoms with Crippen molar-refractivity contribution in [2.24, 2.45) is 5.92 Å². The van der Waals surface area contributed by atoms with Crippen molar-refractivity contribution in [1.82, 2.24) is 0 Å². The number of ether oxygens (including phenoxy) is 1. The van der Waals surface area contributed by atoms with Gasteiger partial charge in [-0.15, -0.1) is 0 Å². The van der Waals surface area contributed by atoms with Crippen molar-refractivity contribution in [1.29, 1.82) is 5.26 Å². The van der Waals surface area contributed by atoms with Gasteiger partial charge in [0.25, 0.3) is 0 Å². The van der Waals surface area contributed by atoms with Crippen LogP contribution < -0.4 is 4.74 Å². The summed E-state index contributed by atoms with van der Waals surface area (Å²) in [5, 5.41) is 8.04. The van der Waals surface area contributed by atoms with Crippen LogP contribution in [0.1, 0.15) is 0 Å². The van der Waals surface area contributed by atoms with E-state index in [1.165, 1.54) is 0 Å². The molecular formula is C10H6ClF4NO. The molecule has 0 bridgehead atoms. The maximum Gasteiger partial charge on any atom is 0.407 e. The Kier molecular flexibility index (Phi) is 4.18. The number of rotatable bonds is 3. The molecule has 7 heteroatoms. The van der Waals surface area contributed by atoms with Crippen molar-refractivity contribution in [2.75, 3.05) is 6.61 Å². The highest BCUT2D eigenvalue weighted by Crippen LogP contribution is 2.27. The molecule has 0 saturated carbocycles. The van der Waals surface area contributed by atoms with Crippen molar-refractivity contribution in [3.8, 4) is 11.8 Å². The molecule has 1 atom stereocenters. The van der Waals surface area contributed by atoms with Crippen LogP contribution in [0.2, 0.25) is 5.02 Å². The van der Waals surface area contributed by atoms with Crippen LogP contribution in [0.5, 0.6) is 5.75 Å². The summed E-state index contributed by atoms with van der Waals surface area (Å²) in [6.45, 7) is -0.859. The minimum absolute atomic E-state index is 0.0269. The van der Waals surface area contributed by atoms with E-state index < -0.39 is 24.5 Å². The second-order valence-corrected chi connectivity index (χ2v) is 3.52. The molecule has 0 saturated heterocycles. The maximum absolute atomic E-state index is 12.7. The average Bonchev–Trinajstić information content (AvgIpc) is 2.22. The second-order valence-electron chi connectivity index (χ2n) is 3.11. The third kappa shape index (κ3) is 3.79. The van der Waals surface area contributed by atoms with E-state index >= 15 is 0 Å². The highest BCUT2D eigenvalue weighted by atomic mass is 35.5. The molecule has 0 spiro atoms.